The van der Waals surface area contributed by atoms with E-state index in [-0.39, 0.29) is 11.3 Å². The molecule has 0 amide bonds. The summed E-state index contributed by atoms with van der Waals surface area (Å²) >= 11 is 0. The Hall–Kier alpha value is -1.16. The van der Waals surface area contributed by atoms with Crippen molar-refractivity contribution >= 4 is 0 Å². The standard InChI is InChI=1S/C9H10F2O2/c1-5(12)6-3-9(13-2)8(11)4-7(6)10/h3-5,12H,1-2H3. The molecule has 0 aromatic heterocycles. The summed E-state index contributed by atoms with van der Waals surface area (Å²) in [6, 6.07) is 1.84. The number of aliphatic hydroxyl groups is 1. The minimum Gasteiger partial charge on any atom is -0.494 e. The summed E-state index contributed by atoms with van der Waals surface area (Å²) in [5.41, 5.74) is 0.0262. The van der Waals surface area contributed by atoms with Gasteiger partial charge >= 0.3 is 0 Å². The van der Waals surface area contributed by atoms with E-state index in [1.165, 1.54) is 14.0 Å². The van der Waals surface area contributed by atoms with Gasteiger partial charge in [0.05, 0.1) is 13.2 Å². The third kappa shape index (κ3) is 1.95. The quantitative estimate of drug-likeness (QED) is 0.769. The van der Waals surface area contributed by atoms with Gasteiger partial charge < -0.3 is 9.84 Å². The molecule has 1 aromatic rings. The van der Waals surface area contributed by atoms with Crippen LogP contribution >= 0.6 is 0 Å². The molecule has 1 unspecified atom stereocenters. The van der Waals surface area contributed by atoms with Crippen molar-refractivity contribution < 1.29 is 18.6 Å². The third-order valence-corrected chi connectivity index (χ3v) is 1.72. The maximum Gasteiger partial charge on any atom is 0.167 e. The Balaban J connectivity index is 3.22. The molecule has 0 aliphatic carbocycles. The monoisotopic (exact) mass is 188 g/mol. The van der Waals surface area contributed by atoms with Gasteiger partial charge in [0.1, 0.15) is 5.82 Å². The predicted molar refractivity (Wildman–Crippen MR) is 43.5 cm³/mol. The summed E-state index contributed by atoms with van der Waals surface area (Å²) < 4.78 is 30.4. The number of hydrogen-bond acceptors (Lipinski definition) is 2. The van der Waals surface area contributed by atoms with E-state index < -0.39 is 17.7 Å². The highest BCUT2D eigenvalue weighted by molar-refractivity contribution is 5.32. The van der Waals surface area contributed by atoms with Gasteiger partial charge in [-0.2, -0.15) is 0 Å². The number of halogens is 2. The van der Waals surface area contributed by atoms with Crippen molar-refractivity contribution in [3.8, 4) is 5.75 Å². The molecule has 4 heteroatoms. The molecule has 1 atom stereocenters. The Morgan fingerprint density at radius 3 is 2.38 bits per heavy atom. The van der Waals surface area contributed by atoms with Gasteiger partial charge in [0.15, 0.2) is 11.6 Å². The highest BCUT2D eigenvalue weighted by atomic mass is 19.1. The molecule has 0 saturated heterocycles. The molecule has 72 valence electrons. The van der Waals surface area contributed by atoms with Gasteiger partial charge in [-0.3, -0.25) is 0 Å². The van der Waals surface area contributed by atoms with E-state index in [1.807, 2.05) is 0 Å². The zero-order chi connectivity index (χ0) is 10.0. The first kappa shape index (κ1) is 9.92. The van der Waals surface area contributed by atoms with Gasteiger partial charge in [-0.1, -0.05) is 0 Å². The van der Waals surface area contributed by atoms with E-state index in [1.54, 1.807) is 0 Å². The van der Waals surface area contributed by atoms with E-state index >= 15 is 0 Å². The normalized spacial score (nSPS) is 12.7. The van der Waals surface area contributed by atoms with Crippen molar-refractivity contribution in [2.24, 2.45) is 0 Å². The van der Waals surface area contributed by atoms with Crippen LogP contribution in [0.4, 0.5) is 8.78 Å². The highest BCUT2D eigenvalue weighted by Crippen LogP contribution is 2.25. The summed E-state index contributed by atoms with van der Waals surface area (Å²) in [6.07, 6.45) is -0.977. The number of methoxy groups -OCH3 is 1. The van der Waals surface area contributed by atoms with Gasteiger partial charge in [0.25, 0.3) is 0 Å². The summed E-state index contributed by atoms with van der Waals surface area (Å²) in [7, 11) is 1.28. The van der Waals surface area contributed by atoms with Crippen LogP contribution in [0.1, 0.15) is 18.6 Å². The highest BCUT2D eigenvalue weighted by Gasteiger charge is 2.13. The number of ether oxygens (including phenoxy) is 1. The number of benzene rings is 1. The van der Waals surface area contributed by atoms with Gasteiger partial charge in [-0.25, -0.2) is 8.78 Å². The Morgan fingerprint density at radius 2 is 1.92 bits per heavy atom. The van der Waals surface area contributed by atoms with Gasteiger partial charge in [0.2, 0.25) is 0 Å². The first-order valence-corrected chi connectivity index (χ1v) is 3.77. The zero-order valence-corrected chi connectivity index (χ0v) is 7.34. The number of hydrogen-bond donors (Lipinski definition) is 1. The van der Waals surface area contributed by atoms with E-state index in [9.17, 15) is 8.78 Å². The molecule has 0 bridgehead atoms. The zero-order valence-electron chi connectivity index (χ0n) is 7.34. The van der Waals surface area contributed by atoms with Crippen molar-refractivity contribution in [1.29, 1.82) is 0 Å². The molecule has 13 heavy (non-hydrogen) atoms. The van der Waals surface area contributed by atoms with Crippen LogP contribution in [0.25, 0.3) is 0 Å². The molecule has 0 aliphatic rings. The molecular formula is C9H10F2O2. The Morgan fingerprint density at radius 1 is 1.31 bits per heavy atom. The second-order valence-corrected chi connectivity index (χ2v) is 2.68. The fourth-order valence-electron chi connectivity index (χ4n) is 1.02. The lowest BCUT2D eigenvalue weighted by atomic mass is 10.1. The Kier molecular flexibility index (Phi) is 2.83. The molecule has 1 rings (SSSR count). The lowest BCUT2D eigenvalue weighted by Crippen LogP contribution is -1.99. The lowest BCUT2D eigenvalue weighted by molar-refractivity contribution is 0.193. The maximum atomic E-state index is 13.0. The molecular weight excluding hydrogens is 178 g/mol. The number of rotatable bonds is 2. The van der Waals surface area contributed by atoms with Gasteiger partial charge in [0, 0.05) is 11.6 Å². The largest absolute Gasteiger partial charge is 0.494 e. The van der Waals surface area contributed by atoms with Crippen LogP contribution in [0.5, 0.6) is 5.75 Å². The fraction of sp³-hybridized carbons (Fsp3) is 0.333. The average molecular weight is 188 g/mol. The fourth-order valence-corrected chi connectivity index (χ4v) is 1.02. The van der Waals surface area contributed by atoms with Crippen LogP contribution in [-0.4, -0.2) is 12.2 Å². The molecule has 0 aliphatic heterocycles. The third-order valence-electron chi connectivity index (χ3n) is 1.72. The summed E-state index contributed by atoms with van der Waals surface area (Å²) in [6.45, 7) is 1.40. The molecule has 0 spiro atoms. The van der Waals surface area contributed by atoms with Crippen molar-refractivity contribution in [3.63, 3.8) is 0 Å². The molecule has 0 radical (unpaired) electrons. The van der Waals surface area contributed by atoms with Crippen molar-refractivity contribution in [3.05, 3.63) is 29.3 Å². The molecule has 2 nitrogen and oxygen atoms in total. The second-order valence-electron chi connectivity index (χ2n) is 2.68. The minimum atomic E-state index is -0.977. The van der Waals surface area contributed by atoms with Crippen LogP contribution in [0, 0.1) is 11.6 Å². The maximum absolute atomic E-state index is 13.0. The molecule has 1 aromatic carbocycles. The van der Waals surface area contributed by atoms with Crippen LogP contribution in [0.2, 0.25) is 0 Å². The van der Waals surface area contributed by atoms with E-state index in [0.29, 0.717) is 6.07 Å². The van der Waals surface area contributed by atoms with Crippen LogP contribution < -0.4 is 4.74 Å². The van der Waals surface area contributed by atoms with E-state index in [0.717, 1.165) is 6.07 Å². The summed E-state index contributed by atoms with van der Waals surface area (Å²) in [5, 5.41) is 9.10. The van der Waals surface area contributed by atoms with Crippen molar-refractivity contribution in [2.75, 3.05) is 7.11 Å². The summed E-state index contributed by atoms with van der Waals surface area (Å²) in [5.74, 6) is -1.62. The van der Waals surface area contributed by atoms with Crippen molar-refractivity contribution in [2.45, 2.75) is 13.0 Å². The Labute approximate surface area is 74.8 Å². The van der Waals surface area contributed by atoms with Gasteiger partial charge in [-0.05, 0) is 13.0 Å². The predicted octanol–water partition coefficient (Wildman–Crippen LogP) is 2.03. The van der Waals surface area contributed by atoms with E-state index in [2.05, 4.69) is 4.74 Å². The smallest absolute Gasteiger partial charge is 0.167 e. The van der Waals surface area contributed by atoms with Crippen LogP contribution in [-0.2, 0) is 0 Å². The lowest BCUT2D eigenvalue weighted by Gasteiger charge is -2.09. The van der Waals surface area contributed by atoms with E-state index in [4.69, 9.17) is 5.11 Å². The molecule has 0 fully saturated rings. The number of aliphatic hydroxyl groups excluding tert-OH is 1. The molecule has 0 saturated carbocycles. The van der Waals surface area contributed by atoms with Gasteiger partial charge in [-0.15, -0.1) is 0 Å². The topological polar surface area (TPSA) is 29.5 Å². The first-order chi connectivity index (χ1) is 6.06. The first-order valence-electron chi connectivity index (χ1n) is 3.77. The Bertz CT molecular complexity index is 311. The van der Waals surface area contributed by atoms with Crippen molar-refractivity contribution in [1.82, 2.24) is 0 Å². The minimum absolute atomic E-state index is 0.0262. The van der Waals surface area contributed by atoms with Crippen LogP contribution in [0.15, 0.2) is 12.1 Å². The SMILES string of the molecule is COc1cc(C(C)O)c(F)cc1F. The summed E-state index contributed by atoms with van der Waals surface area (Å²) in [4.78, 5) is 0. The molecule has 1 N–H and O–H groups in total. The second kappa shape index (κ2) is 3.70. The van der Waals surface area contributed by atoms with Crippen LogP contribution in [0.3, 0.4) is 0 Å². The average Bonchev–Trinajstić information content (AvgIpc) is 2.03. The molecule has 0 heterocycles.